The monoisotopic (exact) mass is 1980 g/mol. The van der Waals surface area contributed by atoms with E-state index >= 15 is 0 Å². The van der Waals surface area contributed by atoms with E-state index in [1.807, 2.05) is 13.8 Å². The minimum absolute atomic E-state index is 0.0148. The van der Waals surface area contributed by atoms with E-state index < -0.39 is 116 Å². The highest BCUT2D eigenvalue weighted by Gasteiger charge is 2.63. The molecular formula is C92H102BrF9N12O14S4. The number of carbonyl (C=O) groups is 3. The van der Waals surface area contributed by atoms with Crippen LogP contribution in [0.4, 0.5) is 71.0 Å². The predicted octanol–water partition coefficient (Wildman–Crippen LogP) is 25.3. The number of anilines is 3. The summed E-state index contributed by atoms with van der Waals surface area (Å²) >= 11 is 6.12. The third kappa shape index (κ3) is 30.0. The van der Waals surface area contributed by atoms with E-state index in [2.05, 4.69) is 104 Å². The van der Waals surface area contributed by atoms with Gasteiger partial charge in [0.25, 0.3) is 35.3 Å². The summed E-state index contributed by atoms with van der Waals surface area (Å²) in [6.45, 7) is 35.7. The first kappa shape index (κ1) is 106. The molecule has 0 radical (unpaired) electrons. The highest BCUT2D eigenvalue weighted by Crippen LogP contribution is 2.50. The van der Waals surface area contributed by atoms with Gasteiger partial charge in [-0.05, 0) is 200 Å². The first-order valence-corrected chi connectivity index (χ1v) is 46.5. The quantitative estimate of drug-likeness (QED) is 0.00745. The van der Waals surface area contributed by atoms with Crippen LogP contribution < -0.4 is 16.0 Å². The molecule has 132 heavy (non-hydrogen) atoms. The molecular weight excluding hydrogens is 1880 g/mol. The number of pyridine rings is 3. The second-order valence-corrected chi connectivity index (χ2v) is 39.3. The molecule has 3 N–H and O–H groups in total. The number of alkyl halides is 9. The molecule has 6 aromatic heterocycles. The summed E-state index contributed by atoms with van der Waals surface area (Å²) in [4.78, 5) is 51.4. The Balaban J connectivity index is 0.000000226. The van der Waals surface area contributed by atoms with Crippen molar-refractivity contribution in [3.63, 3.8) is 0 Å². The second kappa shape index (κ2) is 46.6. The van der Waals surface area contributed by atoms with Crippen LogP contribution in [0.5, 0.6) is 0 Å². The zero-order chi connectivity index (χ0) is 97.3. The molecule has 26 nitrogen and oxygen atoms in total. The van der Waals surface area contributed by atoms with Gasteiger partial charge in [-0.15, -0.1) is 80.4 Å². The van der Waals surface area contributed by atoms with Gasteiger partial charge in [-0.2, -0.15) is 39.5 Å². The van der Waals surface area contributed by atoms with Crippen LogP contribution in [0, 0.1) is 27.7 Å². The maximum Gasteiger partial charge on any atom is 0.426 e. The molecule has 708 valence electrons. The number of hydrogen-bond donors (Lipinski definition) is 3. The van der Waals surface area contributed by atoms with E-state index in [-0.39, 0.29) is 71.6 Å². The van der Waals surface area contributed by atoms with Gasteiger partial charge in [0.05, 0.1) is 41.8 Å². The van der Waals surface area contributed by atoms with E-state index in [0.29, 0.717) is 78.3 Å². The average Bonchev–Trinajstić information content (AvgIpc) is 1.56. The topological polar surface area (TPSA) is 332 Å². The van der Waals surface area contributed by atoms with Crippen LogP contribution in [0.1, 0.15) is 157 Å². The molecule has 4 bridgehead atoms. The predicted molar refractivity (Wildman–Crippen MR) is 491 cm³/mol. The molecule has 0 unspecified atom stereocenters. The third-order valence-corrected chi connectivity index (χ3v) is 24.7. The van der Waals surface area contributed by atoms with Crippen LogP contribution in [0.25, 0.3) is 34.8 Å². The molecule has 10 aromatic rings. The Hall–Kier alpha value is -11.0. The first-order valence-electron chi connectivity index (χ1n) is 40.8. The number of amides is 3. The Bertz CT molecular complexity index is 5720. The van der Waals surface area contributed by atoms with Crippen molar-refractivity contribution < 1.29 is 104 Å². The summed E-state index contributed by atoms with van der Waals surface area (Å²) in [5.41, 5.74) is -6.06. The van der Waals surface area contributed by atoms with Crippen molar-refractivity contribution in [3.8, 4) is 34.8 Å². The number of aromatic nitrogens is 9. The number of aryl methyl sites for hydroxylation is 4. The van der Waals surface area contributed by atoms with Crippen molar-refractivity contribution >= 4 is 94.5 Å². The second-order valence-electron chi connectivity index (χ2n) is 32.3. The molecule has 40 heteroatoms. The number of hydrogen-bond acceptors (Lipinski definition) is 26. The molecule has 0 aliphatic carbocycles. The minimum atomic E-state index is -4.94. The lowest BCUT2D eigenvalue weighted by Gasteiger charge is -2.31. The SMILES string of the molecule is C=CCCSS(=O)(=O)c1ccc(C)cc1.C=CCCSc1nc(-c2nnc([C@@](CC=C)(OCc3ccccc3)C(F)(F)F)o2)c(NC(=O)OC(C)(C)C)cc1C.C=CC[C@@](OCc1ccccc1)(c1nnc(-c2nc(Br)c(C)cc2NC(=O)OC(C)(C)C)o1)C(F)(F)F.Cc1cc(NC(=O)OC(C)(C)C)c2nc1SCCC=CC[C@](OCc1ccccc1)(C(F)(F)F)c1nnc-2o1. The molecule has 1 aliphatic heterocycles. The Kier molecular flexibility index (Phi) is 37.5. The van der Waals surface area contributed by atoms with Gasteiger partial charge in [0, 0.05) is 36.5 Å². The van der Waals surface area contributed by atoms with Crippen molar-refractivity contribution in [2.24, 2.45) is 0 Å². The molecule has 4 aromatic carbocycles. The maximum atomic E-state index is 14.8. The number of benzene rings is 4. The Morgan fingerprint density at radius 3 is 1.37 bits per heavy atom. The Labute approximate surface area is 779 Å². The molecule has 3 amide bonds. The van der Waals surface area contributed by atoms with Crippen LogP contribution in [0.15, 0.2) is 229 Å². The van der Waals surface area contributed by atoms with Gasteiger partial charge < -0.3 is 41.7 Å². The molecule has 11 rings (SSSR count). The third-order valence-electron chi connectivity index (χ3n) is 18.1. The van der Waals surface area contributed by atoms with Crippen LogP contribution >= 0.6 is 50.2 Å². The smallest absolute Gasteiger partial charge is 0.426 e. The van der Waals surface area contributed by atoms with E-state index in [0.717, 1.165) is 39.6 Å². The van der Waals surface area contributed by atoms with Crippen LogP contribution in [0.2, 0.25) is 0 Å². The number of allylic oxidation sites excluding steroid dienone is 3. The van der Waals surface area contributed by atoms with Crippen LogP contribution in [0.3, 0.4) is 0 Å². The highest BCUT2D eigenvalue weighted by atomic mass is 79.9. The molecule has 0 saturated carbocycles. The molecule has 0 saturated heterocycles. The lowest BCUT2D eigenvalue weighted by atomic mass is 9.97. The van der Waals surface area contributed by atoms with E-state index in [9.17, 15) is 62.3 Å². The van der Waals surface area contributed by atoms with Crippen LogP contribution in [-0.2, 0) is 73.9 Å². The summed E-state index contributed by atoms with van der Waals surface area (Å²) < 4.78 is 205. The Morgan fingerprint density at radius 1 is 0.515 bits per heavy atom. The number of carbonyl (C=O) groups excluding carboxylic acids is 3. The van der Waals surface area contributed by atoms with Gasteiger partial charge in [0.2, 0.25) is 25.7 Å². The number of nitrogens with zero attached hydrogens (tertiary/aromatic N) is 9. The summed E-state index contributed by atoms with van der Waals surface area (Å²) in [5, 5.41) is 31.8. The molecule has 7 heterocycles. The lowest BCUT2D eigenvalue weighted by molar-refractivity contribution is -0.296. The first-order chi connectivity index (χ1) is 62.0. The zero-order valence-corrected chi connectivity index (χ0v) is 79.5. The summed E-state index contributed by atoms with van der Waals surface area (Å²) in [6, 6.07) is 37.1. The highest BCUT2D eigenvalue weighted by molar-refractivity contribution is 9.10. The lowest BCUT2D eigenvalue weighted by Crippen LogP contribution is -2.45. The molecule has 1 aliphatic rings. The summed E-state index contributed by atoms with van der Waals surface area (Å²) in [6.07, 6.45) is -8.40. The normalized spacial score (nSPS) is 14.6. The van der Waals surface area contributed by atoms with Gasteiger partial charge in [0.15, 0.2) is 17.1 Å². The van der Waals surface area contributed by atoms with Gasteiger partial charge in [-0.3, -0.25) is 16.0 Å². The fourth-order valence-corrected chi connectivity index (χ4v) is 16.6. The van der Waals surface area contributed by atoms with Gasteiger partial charge in [0.1, 0.15) is 31.5 Å². The minimum Gasteiger partial charge on any atom is -0.444 e. The number of nitrogens with one attached hydrogen (secondary N) is 3. The van der Waals surface area contributed by atoms with Gasteiger partial charge in [-0.25, -0.2) is 37.8 Å². The van der Waals surface area contributed by atoms with Crippen LogP contribution in [-0.4, -0.2) is 125 Å². The standard InChI is InChI=1S/C29H33F3N4O4S.C27H29F3N4O4S.C25H26BrF3N4O4.C11H14O2S2/c1-7-9-16-41-24-19(3)17-21(33-26(37)40-27(4,5)6)22(34-24)23-35-36-25(39-23)28(15-8-2,29(30,31)32)38-18-20-13-11-10-12-14-20;1-17-15-19(31-24(35)38-25(2,3)4)20-21-33-34-23(37-21)26(27(28,29)30,36-16-18-11-7-5-8-12-18)13-9-6-10-14-39-22(17)32-20;1-6-12-24(25(27,28)29,35-14-16-10-8-7-9-11-16)21-33-32-20(36-21)18-17(13-15(2)19(26)31-18)30-22(34)37-23(3,4)5;1-3-4-9-14-15(12,13)11-7-5-10(2)6-8-11/h7-8,10-14,17H,1-2,9,15-16,18H2,3-6H3,(H,33,37);5-9,11-12,15H,10,13-14,16H2,1-4H3,(H,31,35);6-11,13H,1,12,14H2,2-5H3,(H,30,34);3,5-8H,1,4,9H2,2H3/t28-;26-;24-;/m111./s1. The average molecular weight is 1980 g/mol. The van der Waals surface area contributed by atoms with Crippen molar-refractivity contribution in [1.82, 2.24) is 45.5 Å². The largest absolute Gasteiger partial charge is 0.444 e. The van der Waals surface area contributed by atoms with E-state index in [1.165, 1.54) is 29.6 Å². The maximum absolute atomic E-state index is 14.8. The number of halogens is 10. The van der Waals surface area contributed by atoms with Crippen molar-refractivity contribution in [1.29, 1.82) is 0 Å². The van der Waals surface area contributed by atoms with E-state index in [1.54, 1.807) is 228 Å². The van der Waals surface area contributed by atoms with Gasteiger partial charge in [-0.1, -0.05) is 145 Å². The van der Waals surface area contributed by atoms with Crippen molar-refractivity contribution in [3.05, 3.63) is 257 Å². The zero-order valence-electron chi connectivity index (χ0n) is 74.6. The number of rotatable bonds is 29. The summed E-state index contributed by atoms with van der Waals surface area (Å²) in [5.74, 6) is -1.60. The fraction of sp³-hybridized carbons (Fsp3) is 0.370. The number of ether oxygens (including phenoxy) is 6. The van der Waals surface area contributed by atoms with Crippen molar-refractivity contribution in [2.75, 3.05) is 33.2 Å². The van der Waals surface area contributed by atoms with Gasteiger partial charge >= 0.3 is 36.8 Å². The number of thioether (sulfide) groups is 2. The Morgan fingerprint density at radius 2 is 0.932 bits per heavy atom. The number of fused-ring (bicyclic) bond motifs is 5. The summed E-state index contributed by atoms with van der Waals surface area (Å²) in [7, 11) is -2.22. The van der Waals surface area contributed by atoms with E-state index in [4.69, 9.17) is 41.7 Å². The fourth-order valence-electron chi connectivity index (χ4n) is 11.7. The van der Waals surface area contributed by atoms with Crippen molar-refractivity contribution in [2.45, 2.75) is 215 Å². The molecule has 0 spiro atoms. The molecule has 0 fully saturated rings. The molecule has 3 atom stereocenters.